The van der Waals surface area contributed by atoms with Crippen LogP contribution in [0.3, 0.4) is 0 Å². The van der Waals surface area contributed by atoms with E-state index in [1.54, 1.807) is 42.5 Å². The normalized spacial score (nSPS) is 13.9. The first-order chi connectivity index (χ1) is 8.72. The Hall–Kier alpha value is -1.87. The fourth-order valence-corrected chi connectivity index (χ4v) is 2.06. The predicted molar refractivity (Wildman–Crippen MR) is 70.4 cm³/mol. The topological polar surface area (TPSA) is 35.2 Å². The SMILES string of the molecule is COc1ccccc1C(F)(CN)c1ccccc1. The van der Waals surface area contributed by atoms with Gasteiger partial charge in [-0.05, 0) is 11.6 Å². The van der Waals surface area contributed by atoms with Crippen molar-refractivity contribution in [2.45, 2.75) is 5.67 Å². The van der Waals surface area contributed by atoms with Gasteiger partial charge in [-0.2, -0.15) is 0 Å². The third-order valence-corrected chi connectivity index (χ3v) is 3.05. The molecule has 0 heterocycles. The predicted octanol–water partition coefficient (Wildman–Crippen LogP) is 2.87. The van der Waals surface area contributed by atoms with E-state index in [0.717, 1.165) is 0 Å². The molecule has 0 saturated carbocycles. The molecule has 94 valence electrons. The largest absolute Gasteiger partial charge is 0.496 e. The van der Waals surface area contributed by atoms with Crippen LogP contribution in [-0.2, 0) is 5.67 Å². The number of alkyl halides is 1. The standard InChI is InChI=1S/C15H16FNO/c1-18-14-10-6-5-9-13(14)15(16,11-17)12-7-3-2-4-8-12/h2-10H,11,17H2,1H3. The highest BCUT2D eigenvalue weighted by Gasteiger charge is 2.35. The molecule has 0 aromatic heterocycles. The Labute approximate surface area is 106 Å². The Morgan fingerprint density at radius 2 is 1.67 bits per heavy atom. The van der Waals surface area contributed by atoms with Crippen LogP contribution < -0.4 is 10.5 Å². The molecule has 2 rings (SSSR count). The lowest BCUT2D eigenvalue weighted by atomic mass is 9.87. The van der Waals surface area contributed by atoms with Gasteiger partial charge >= 0.3 is 0 Å². The van der Waals surface area contributed by atoms with Crippen molar-refractivity contribution in [2.24, 2.45) is 5.73 Å². The zero-order chi connectivity index (χ0) is 13.0. The van der Waals surface area contributed by atoms with E-state index >= 15 is 4.39 Å². The number of para-hydroxylation sites is 1. The second-order valence-electron chi connectivity index (χ2n) is 4.07. The number of methoxy groups -OCH3 is 1. The second kappa shape index (κ2) is 5.19. The third-order valence-electron chi connectivity index (χ3n) is 3.05. The van der Waals surface area contributed by atoms with Gasteiger partial charge in [0.15, 0.2) is 5.67 Å². The van der Waals surface area contributed by atoms with Gasteiger partial charge in [0.1, 0.15) is 5.75 Å². The number of hydrogen-bond donors (Lipinski definition) is 1. The van der Waals surface area contributed by atoms with Crippen molar-refractivity contribution in [3.63, 3.8) is 0 Å². The van der Waals surface area contributed by atoms with Crippen molar-refractivity contribution in [3.8, 4) is 5.75 Å². The van der Waals surface area contributed by atoms with Crippen molar-refractivity contribution in [3.05, 3.63) is 65.7 Å². The molecule has 0 spiro atoms. The molecule has 1 atom stereocenters. The Bertz CT molecular complexity index is 515. The monoisotopic (exact) mass is 245 g/mol. The molecule has 3 heteroatoms. The summed E-state index contributed by atoms with van der Waals surface area (Å²) >= 11 is 0. The van der Waals surface area contributed by atoms with Crippen molar-refractivity contribution < 1.29 is 9.13 Å². The summed E-state index contributed by atoms with van der Waals surface area (Å²) in [4.78, 5) is 0. The molecular formula is C15H16FNO. The van der Waals surface area contributed by atoms with Crippen LogP contribution >= 0.6 is 0 Å². The summed E-state index contributed by atoms with van der Waals surface area (Å²) in [5, 5.41) is 0. The minimum absolute atomic E-state index is 0.128. The van der Waals surface area contributed by atoms with E-state index < -0.39 is 5.67 Å². The van der Waals surface area contributed by atoms with E-state index in [-0.39, 0.29) is 6.54 Å². The van der Waals surface area contributed by atoms with E-state index in [0.29, 0.717) is 16.9 Å². The van der Waals surface area contributed by atoms with E-state index in [4.69, 9.17) is 10.5 Å². The lowest BCUT2D eigenvalue weighted by Gasteiger charge is -2.26. The lowest BCUT2D eigenvalue weighted by Crippen LogP contribution is -2.32. The fourth-order valence-electron chi connectivity index (χ4n) is 2.06. The Balaban J connectivity index is 2.57. The maximum atomic E-state index is 15.2. The number of hydrogen-bond acceptors (Lipinski definition) is 2. The van der Waals surface area contributed by atoms with E-state index in [2.05, 4.69) is 0 Å². The maximum Gasteiger partial charge on any atom is 0.176 e. The van der Waals surface area contributed by atoms with Crippen LogP contribution in [0.1, 0.15) is 11.1 Å². The maximum absolute atomic E-state index is 15.2. The first-order valence-electron chi connectivity index (χ1n) is 5.80. The molecule has 1 unspecified atom stereocenters. The van der Waals surface area contributed by atoms with Gasteiger partial charge in [-0.3, -0.25) is 0 Å². The molecule has 18 heavy (non-hydrogen) atoms. The van der Waals surface area contributed by atoms with Gasteiger partial charge in [-0.1, -0.05) is 48.5 Å². The van der Waals surface area contributed by atoms with Crippen molar-refractivity contribution in [1.82, 2.24) is 0 Å². The molecular weight excluding hydrogens is 229 g/mol. The van der Waals surface area contributed by atoms with Crippen LogP contribution in [-0.4, -0.2) is 13.7 Å². The van der Waals surface area contributed by atoms with Crippen LogP contribution in [0.15, 0.2) is 54.6 Å². The summed E-state index contributed by atoms with van der Waals surface area (Å²) < 4.78 is 20.4. The highest BCUT2D eigenvalue weighted by atomic mass is 19.1. The molecule has 0 aliphatic carbocycles. The molecule has 2 N–H and O–H groups in total. The number of rotatable bonds is 4. The summed E-state index contributed by atoms with van der Waals surface area (Å²) in [7, 11) is 1.53. The Morgan fingerprint density at radius 3 is 2.28 bits per heavy atom. The minimum atomic E-state index is -1.73. The van der Waals surface area contributed by atoms with Crippen LogP contribution in [0.2, 0.25) is 0 Å². The van der Waals surface area contributed by atoms with Crippen LogP contribution in [0.4, 0.5) is 4.39 Å². The van der Waals surface area contributed by atoms with Gasteiger partial charge in [0, 0.05) is 12.1 Å². The highest BCUT2D eigenvalue weighted by molar-refractivity contribution is 5.45. The lowest BCUT2D eigenvalue weighted by molar-refractivity contribution is 0.224. The van der Waals surface area contributed by atoms with E-state index in [9.17, 15) is 0 Å². The van der Waals surface area contributed by atoms with Gasteiger partial charge in [0.25, 0.3) is 0 Å². The summed E-state index contributed by atoms with van der Waals surface area (Å²) in [6.45, 7) is -0.128. The average Bonchev–Trinajstić information content (AvgIpc) is 2.47. The van der Waals surface area contributed by atoms with Gasteiger partial charge in [0.2, 0.25) is 0 Å². The van der Waals surface area contributed by atoms with Gasteiger partial charge in [-0.15, -0.1) is 0 Å². The zero-order valence-corrected chi connectivity index (χ0v) is 10.3. The third kappa shape index (κ3) is 2.09. The first kappa shape index (κ1) is 12.6. The van der Waals surface area contributed by atoms with Crippen molar-refractivity contribution in [2.75, 3.05) is 13.7 Å². The van der Waals surface area contributed by atoms with Gasteiger partial charge in [0.05, 0.1) is 7.11 Å². The molecule has 0 aliphatic heterocycles. The highest BCUT2D eigenvalue weighted by Crippen LogP contribution is 2.38. The molecule has 0 amide bonds. The zero-order valence-electron chi connectivity index (χ0n) is 10.3. The van der Waals surface area contributed by atoms with E-state index in [1.807, 2.05) is 12.1 Å². The smallest absolute Gasteiger partial charge is 0.176 e. The summed E-state index contributed by atoms with van der Waals surface area (Å²) in [6.07, 6.45) is 0. The quantitative estimate of drug-likeness (QED) is 0.899. The number of ether oxygens (including phenoxy) is 1. The average molecular weight is 245 g/mol. The van der Waals surface area contributed by atoms with Gasteiger partial charge in [-0.25, -0.2) is 4.39 Å². The second-order valence-corrected chi connectivity index (χ2v) is 4.07. The Kier molecular flexibility index (Phi) is 3.63. The number of nitrogens with two attached hydrogens (primary N) is 1. The first-order valence-corrected chi connectivity index (χ1v) is 5.80. The molecule has 0 radical (unpaired) electrons. The molecule has 2 aromatic rings. The van der Waals surface area contributed by atoms with Crippen LogP contribution in [0, 0.1) is 0 Å². The number of benzene rings is 2. The van der Waals surface area contributed by atoms with Crippen LogP contribution in [0.5, 0.6) is 5.75 Å². The van der Waals surface area contributed by atoms with Crippen molar-refractivity contribution >= 4 is 0 Å². The summed E-state index contributed by atoms with van der Waals surface area (Å²) in [6, 6.07) is 16.0. The Morgan fingerprint density at radius 1 is 1.06 bits per heavy atom. The van der Waals surface area contributed by atoms with E-state index in [1.165, 1.54) is 7.11 Å². The molecule has 0 saturated heterocycles. The summed E-state index contributed by atoms with van der Waals surface area (Å²) in [5.41, 5.74) is 4.93. The number of halogens is 1. The minimum Gasteiger partial charge on any atom is -0.496 e. The molecule has 2 nitrogen and oxygen atoms in total. The molecule has 0 fully saturated rings. The fraction of sp³-hybridized carbons (Fsp3) is 0.200. The van der Waals surface area contributed by atoms with Gasteiger partial charge < -0.3 is 10.5 Å². The molecule has 2 aromatic carbocycles. The van der Waals surface area contributed by atoms with Crippen molar-refractivity contribution in [1.29, 1.82) is 0 Å². The molecule has 0 aliphatic rings. The van der Waals surface area contributed by atoms with Crippen LogP contribution in [0.25, 0.3) is 0 Å². The summed E-state index contributed by atoms with van der Waals surface area (Å²) in [5.74, 6) is 0.509. The molecule has 0 bridgehead atoms.